The molecule has 0 bridgehead atoms. The van der Waals surface area contributed by atoms with Crippen LogP contribution in [0.15, 0.2) is 60.7 Å². The fourth-order valence-electron chi connectivity index (χ4n) is 10.0. The van der Waals surface area contributed by atoms with Crippen LogP contribution in [0.25, 0.3) is 10.8 Å². The Bertz CT molecular complexity index is 5010. The highest BCUT2D eigenvalue weighted by Crippen LogP contribution is 2.64. The van der Waals surface area contributed by atoms with Crippen molar-refractivity contribution in [3.63, 3.8) is 0 Å². The number of anilines is 12. The summed E-state index contributed by atoms with van der Waals surface area (Å²) in [4.78, 5) is 12.1. The summed E-state index contributed by atoms with van der Waals surface area (Å²) in [7, 11) is 0. The summed E-state index contributed by atoms with van der Waals surface area (Å²) in [5, 5.41) is -2.26. The molecule has 0 N–H and O–H groups in total. The second-order valence-corrected chi connectivity index (χ2v) is 22.4. The van der Waals surface area contributed by atoms with Crippen molar-refractivity contribution in [2.75, 3.05) is 19.6 Å². The van der Waals surface area contributed by atoms with Crippen molar-refractivity contribution in [2.45, 2.75) is 72.0 Å². The van der Waals surface area contributed by atoms with Crippen molar-refractivity contribution in [2.24, 2.45) is 0 Å². The number of halogens is 46. The number of hydrogen-bond acceptors (Lipinski definition) is 12. The predicted octanol–water partition coefficient (Wildman–Crippen LogP) is 22.3. The Balaban J connectivity index is 1.38. The van der Waals surface area contributed by atoms with Gasteiger partial charge in [-0.2, -0.15) is 139 Å². The van der Waals surface area contributed by atoms with E-state index < -0.39 is 295 Å². The molecule has 0 amide bonds. The van der Waals surface area contributed by atoms with Gasteiger partial charge in [0, 0.05) is 5.39 Å². The number of ether oxygens (including phenoxy) is 2. The Hall–Kier alpha value is -11.6. The monoisotopic (exact) mass is 1750 g/mol. The van der Waals surface area contributed by atoms with Gasteiger partial charge in [0.2, 0.25) is 47.1 Å². The minimum absolute atomic E-state index is 0.0746. The number of fused-ring (bicyclic) bond motifs is 1. The molecule has 0 radical (unpaired) electrons. The molecule has 2 aromatic heterocycles. The van der Waals surface area contributed by atoms with Gasteiger partial charge < -0.3 is 9.47 Å². The molecule has 12 nitrogen and oxygen atoms in total. The smallest absolute Gasteiger partial charge is 0.393 e. The van der Waals surface area contributed by atoms with Gasteiger partial charge in [0.15, 0.2) is 93.1 Å². The van der Waals surface area contributed by atoms with Gasteiger partial charge in [-0.3, -0.25) is 19.6 Å². The summed E-state index contributed by atoms with van der Waals surface area (Å²) < 4.78 is 698. The number of hydrogen-bond donors (Lipinski definition) is 0. The fraction of sp³-hybridized carbons (Fsp3) is 0.207. The zero-order valence-corrected chi connectivity index (χ0v) is 52.4. The molecule has 116 heavy (non-hydrogen) atoms. The van der Waals surface area contributed by atoms with Crippen LogP contribution in [0.3, 0.4) is 0 Å². The number of rotatable bonds is 20. The highest BCUT2D eigenvalue weighted by molar-refractivity contribution is 6.12. The summed E-state index contributed by atoms with van der Waals surface area (Å²) in [5.41, 5.74) is -20.0. The van der Waals surface area contributed by atoms with Gasteiger partial charge in [-0.1, -0.05) is 36.4 Å². The molecule has 7 aromatic carbocycles. The van der Waals surface area contributed by atoms with E-state index in [0.717, 1.165) is 0 Å². The minimum Gasteiger partial charge on any atom is -0.393 e. The van der Waals surface area contributed by atoms with E-state index in [1.807, 2.05) is 4.98 Å². The van der Waals surface area contributed by atoms with E-state index in [2.05, 4.69) is 34.4 Å². The first-order chi connectivity index (χ1) is 52.8. The predicted molar refractivity (Wildman–Crippen MR) is 285 cm³/mol. The Morgan fingerprint density at radius 1 is 0.233 bits per heavy atom. The van der Waals surface area contributed by atoms with Crippen LogP contribution >= 0.6 is 0 Å². The van der Waals surface area contributed by atoms with E-state index in [9.17, 15) is 96.6 Å². The van der Waals surface area contributed by atoms with Crippen LogP contribution < -0.4 is 29.1 Å². The molecule has 0 fully saturated rings. The van der Waals surface area contributed by atoms with Crippen molar-refractivity contribution in [3.8, 4) is 12.0 Å². The summed E-state index contributed by atoms with van der Waals surface area (Å²) in [5.74, 6) is -155. The van der Waals surface area contributed by atoms with Gasteiger partial charge in [-0.15, -0.1) is 4.98 Å². The molecular weight excluding hydrogens is 1740 g/mol. The molecule has 3 heterocycles. The molecule has 58 heteroatoms. The number of nitrogens with zero attached hydrogens (tertiary/aromatic N) is 10. The summed E-state index contributed by atoms with van der Waals surface area (Å²) in [6.45, 7) is 0. The van der Waals surface area contributed by atoms with Crippen molar-refractivity contribution < 1.29 is 211 Å². The molecule has 0 saturated heterocycles. The van der Waals surface area contributed by atoms with E-state index in [1.54, 1.807) is 0 Å². The standard InChI is InChI=1S/C58H10F46N10O2/c59-17-21(63)29(71)37(30(72)22(17)64)113(38-31(73)23(65)18(60)24(66)32(38)74)42-105-41(106-43(107-42)114(39-33(75)25(67)19(61)26(68)34(39)76)40-35(77)27(69)20(62)28(70)36(40)78)111-12-7-1-2-8-13(12)112(15-10-4-6-11-5-3-9-14(111)16(11)15)44-108-45(115-57(101,102)53(91,92)49(83,84)47(79,80)51(87,88)55(95,96)97)110-46(109-44)116-58(103,104)54(93,94)50(85,86)48(81,82)52(89,90)56(98,99)100/h1-10H. The van der Waals surface area contributed by atoms with E-state index >= 15 is 105 Å². The quantitative estimate of drug-likeness (QED) is 0.0412. The van der Waals surface area contributed by atoms with E-state index in [0.29, 0.717) is 42.5 Å². The van der Waals surface area contributed by atoms with Crippen molar-refractivity contribution in [1.82, 2.24) is 29.9 Å². The molecule has 1 aliphatic heterocycles. The number of aromatic nitrogens is 6. The summed E-state index contributed by atoms with van der Waals surface area (Å²) in [6, 6.07) is -4.02. The van der Waals surface area contributed by atoms with Gasteiger partial charge in [-0.05, 0) is 29.7 Å². The first-order valence-corrected chi connectivity index (χ1v) is 28.4. The van der Waals surface area contributed by atoms with Crippen molar-refractivity contribution in [1.29, 1.82) is 0 Å². The summed E-state index contributed by atoms with van der Waals surface area (Å²) in [6.07, 6.45) is -33.2. The van der Waals surface area contributed by atoms with Crippen LogP contribution in [0.2, 0.25) is 0 Å². The maximum Gasteiger partial charge on any atom is 0.473 e. The van der Waals surface area contributed by atoms with Gasteiger partial charge >= 0.3 is 84.0 Å². The molecular formula is C58H10F46N10O2. The van der Waals surface area contributed by atoms with Crippen molar-refractivity contribution >= 4 is 80.1 Å². The molecule has 0 unspecified atom stereocenters. The zero-order chi connectivity index (χ0) is 87.8. The Kier molecular flexibility index (Phi) is 20.6. The van der Waals surface area contributed by atoms with Gasteiger partial charge in [0.25, 0.3) is 0 Å². The highest BCUT2D eigenvalue weighted by atomic mass is 19.4. The van der Waals surface area contributed by atoms with Gasteiger partial charge in [0.05, 0.1) is 22.7 Å². The van der Waals surface area contributed by atoms with Crippen LogP contribution in [-0.4, -0.2) is 102 Å². The number of benzene rings is 7. The topological polar surface area (TPSA) is 109 Å². The van der Waals surface area contributed by atoms with Crippen LogP contribution in [0, 0.1) is 116 Å². The van der Waals surface area contributed by atoms with Crippen LogP contribution in [-0.2, 0) is 0 Å². The fourth-order valence-corrected chi connectivity index (χ4v) is 10.0. The molecule has 1 aliphatic rings. The summed E-state index contributed by atoms with van der Waals surface area (Å²) >= 11 is 0. The highest BCUT2D eigenvalue weighted by Gasteiger charge is 2.93. The Morgan fingerprint density at radius 2 is 0.457 bits per heavy atom. The lowest BCUT2D eigenvalue weighted by Crippen LogP contribution is -2.71. The first-order valence-electron chi connectivity index (χ1n) is 28.4. The first kappa shape index (κ1) is 86.8. The lowest BCUT2D eigenvalue weighted by molar-refractivity contribution is -0.457. The third-order valence-corrected chi connectivity index (χ3v) is 15.6. The van der Waals surface area contributed by atoms with E-state index in [-0.39, 0.29) is 23.1 Å². The van der Waals surface area contributed by atoms with E-state index in [1.165, 1.54) is 0 Å². The molecule has 0 aliphatic carbocycles. The normalized spacial score (nSPS) is 13.9. The van der Waals surface area contributed by atoms with Gasteiger partial charge in [-0.25, -0.2) is 87.8 Å². The van der Waals surface area contributed by atoms with Crippen LogP contribution in [0.5, 0.6) is 12.0 Å². The second kappa shape index (κ2) is 27.5. The number of alkyl halides is 26. The second-order valence-electron chi connectivity index (χ2n) is 22.4. The minimum atomic E-state index is -9.10. The lowest BCUT2D eigenvalue weighted by Gasteiger charge is -2.39. The van der Waals surface area contributed by atoms with Crippen molar-refractivity contribution in [3.05, 3.63) is 177 Å². The molecule has 0 saturated carbocycles. The lowest BCUT2D eigenvalue weighted by atomic mass is 9.97. The maximum absolute atomic E-state index is 16.5. The molecule has 0 atom stereocenters. The Morgan fingerprint density at radius 3 is 0.707 bits per heavy atom. The maximum atomic E-state index is 16.5. The van der Waals surface area contributed by atoms with Crippen LogP contribution in [0.1, 0.15) is 0 Å². The van der Waals surface area contributed by atoms with Crippen LogP contribution in [0.4, 0.5) is 271 Å². The van der Waals surface area contributed by atoms with Gasteiger partial charge in [0.1, 0.15) is 22.7 Å². The average molecular weight is 1750 g/mol. The SMILES string of the molecule is Fc1c(F)c(F)c(N(c2nc(N(c3c(F)c(F)c(F)c(F)c3F)c3c(F)c(F)c(F)c(F)c3F)nc(N3c4ccccc4N(c4nc(OC(F)(F)C(F)(F)C(F)(F)C(F)(F)C(F)(F)C(F)(F)F)nc(OC(F)(F)C(F)(F)C(F)(F)C(F)(F)C(F)(F)C(F)(F)F)n4)c4cccc5cccc3c45)n2)c2c(F)c(F)c(F)c(F)c2F)c(F)c1F. The molecule has 9 aromatic rings. The van der Waals surface area contributed by atoms with E-state index in [4.69, 9.17) is 0 Å². The third-order valence-electron chi connectivity index (χ3n) is 15.6. The zero-order valence-electron chi connectivity index (χ0n) is 52.4. The molecule has 0 spiro atoms. The third kappa shape index (κ3) is 12.4. The number of para-hydroxylation sites is 2. The average Bonchev–Trinajstić information content (AvgIpc) is 0.755. The molecule has 10 rings (SSSR count). The Labute approximate surface area is 601 Å². The molecule has 626 valence electrons. The largest absolute Gasteiger partial charge is 0.473 e.